The van der Waals surface area contributed by atoms with E-state index in [-0.39, 0.29) is 5.91 Å². The summed E-state index contributed by atoms with van der Waals surface area (Å²) in [5, 5.41) is 8.44. The van der Waals surface area contributed by atoms with E-state index in [4.69, 9.17) is 0 Å². The van der Waals surface area contributed by atoms with E-state index < -0.39 is 11.8 Å². The van der Waals surface area contributed by atoms with E-state index in [1.807, 2.05) is 37.3 Å². The Morgan fingerprint density at radius 1 is 0.818 bits per heavy atom. The average molecular weight is 447 g/mol. The molecular weight excluding hydrogens is 419 g/mol. The standard InChI is InChI=1S/C26H27FN4O2/c1-18-7-5-8-19(15-18)25(32)28-22-11-12-24(31-13-3-2-4-14-31)23(17-22)30-26(33)29-21-10-6-9-20(27)16-21/h5-12,15-17H,2-4,13-14H2,1H3,(H,28,32)(H2,29,30,33). The molecule has 1 aliphatic rings. The Labute approximate surface area is 192 Å². The highest BCUT2D eigenvalue weighted by Gasteiger charge is 2.17. The van der Waals surface area contributed by atoms with Gasteiger partial charge in [0.15, 0.2) is 0 Å². The number of benzene rings is 3. The Kier molecular flexibility index (Phi) is 6.88. The van der Waals surface area contributed by atoms with Gasteiger partial charge in [0.05, 0.1) is 11.4 Å². The number of urea groups is 1. The zero-order valence-electron chi connectivity index (χ0n) is 18.5. The fraction of sp³-hybridized carbons (Fsp3) is 0.231. The van der Waals surface area contributed by atoms with Gasteiger partial charge >= 0.3 is 6.03 Å². The first-order valence-corrected chi connectivity index (χ1v) is 11.1. The summed E-state index contributed by atoms with van der Waals surface area (Å²) in [5.41, 5.74) is 3.96. The molecule has 0 unspecified atom stereocenters. The van der Waals surface area contributed by atoms with E-state index in [1.54, 1.807) is 18.2 Å². The molecule has 1 aliphatic heterocycles. The molecule has 0 atom stereocenters. The molecule has 1 fully saturated rings. The van der Waals surface area contributed by atoms with Crippen molar-refractivity contribution in [3.8, 4) is 0 Å². The first kappa shape index (κ1) is 22.3. The highest BCUT2D eigenvalue weighted by molar-refractivity contribution is 6.06. The normalized spacial score (nSPS) is 13.3. The number of anilines is 4. The SMILES string of the molecule is Cc1cccc(C(=O)Nc2ccc(N3CCCCC3)c(NC(=O)Nc3cccc(F)c3)c2)c1. The second kappa shape index (κ2) is 10.2. The lowest BCUT2D eigenvalue weighted by Gasteiger charge is -2.31. The van der Waals surface area contributed by atoms with Gasteiger partial charge in [0.1, 0.15) is 5.82 Å². The van der Waals surface area contributed by atoms with Gasteiger partial charge in [0, 0.05) is 30.0 Å². The third-order valence-electron chi connectivity index (χ3n) is 5.56. The van der Waals surface area contributed by atoms with Crippen LogP contribution in [-0.4, -0.2) is 25.0 Å². The van der Waals surface area contributed by atoms with Crippen molar-refractivity contribution in [1.29, 1.82) is 0 Å². The van der Waals surface area contributed by atoms with Gasteiger partial charge in [-0.3, -0.25) is 4.79 Å². The van der Waals surface area contributed by atoms with Crippen LogP contribution in [0.1, 0.15) is 35.2 Å². The fourth-order valence-electron chi connectivity index (χ4n) is 3.96. The van der Waals surface area contributed by atoms with E-state index >= 15 is 0 Å². The van der Waals surface area contributed by atoms with Crippen LogP contribution in [0, 0.1) is 12.7 Å². The van der Waals surface area contributed by atoms with Crippen molar-refractivity contribution in [3.63, 3.8) is 0 Å². The molecule has 0 aliphatic carbocycles. The molecule has 3 N–H and O–H groups in total. The van der Waals surface area contributed by atoms with E-state index in [1.165, 1.54) is 24.6 Å². The van der Waals surface area contributed by atoms with Crippen LogP contribution in [0.4, 0.5) is 31.9 Å². The van der Waals surface area contributed by atoms with Crippen LogP contribution < -0.4 is 20.9 Å². The molecule has 0 aromatic heterocycles. The van der Waals surface area contributed by atoms with Crippen LogP contribution >= 0.6 is 0 Å². The topological polar surface area (TPSA) is 73.5 Å². The maximum Gasteiger partial charge on any atom is 0.323 e. The Balaban J connectivity index is 1.56. The van der Waals surface area contributed by atoms with Crippen molar-refractivity contribution in [2.45, 2.75) is 26.2 Å². The van der Waals surface area contributed by atoms with Crippen molar-refractivity contribution in [2.75, 3.05) is 33.9 Å². The van der Waals surface area contributed by atoms with Crippen molar-refractivity contribution in [1.82, 2.24) is 0 Å². The molecule has 7 heteroatoms. The summed E-state index contributed by atoms with van der Waals surface area (Å²) >= 11 is 0. The van der Waals surface area contributed by atoms with Crippen LogP contribution in [0.2, 0.25) is 0 Å². The number of nitrogens with one attached hydrogen (secondary N) is 3. The predicted octanol–water partition coefficient (Wildman–Crippen LogP) is 6.02. The number of hydrogen-bond donors (Lipinski definition) is 3. The number of hydrogen-bond acceptors (Lipinski definition) is 3. The van der Waals surface area contributed by atoms with E-state index in [9.17, 15) is 14.0 Å². The second-order valence-electron chi connectivity index (χ2n) is 8.19. The molecule has 33 heavy (non-hydrogen) atoms. The van der Waals surface area contributed by atoms with Crippen LogP contribution in [-0.2, 0) is 0 Å². The van der Waals surface area contributed by atoms with E-state index in [0.717, 1.165) is 37.2 Å². The molecule has 0 bridgehead atoms. The first-order valence-electron chi connectivity index (χ1n) is 11.1. The van der Waals surface area contributed by atoms with Gasteiger partial charge in [0.25, 0.3) is 5.91 Å². The molecule has 0 radical (unpaired) electrons. The molecule has 1 heterocycles. The second-order valence-corrected chi connectivity index (χ2v) is 8.19. The lowest BCUT2D eigenvalue weighted by Crippen LogP contribution is -2.31. The van der Waals surface area contributed by atoms with E-state index in [0.29, 0.717) is 22.6 Å². The first-order chi connectivity index (χ1) is 16.0. The number of carbonyl (C=O) groups is 2. The molecule has 170 valence electrons. The van der Waals surface area contributed by atoms with Gasteiger partial charge in [-0.1, -0.05) is 23.8 Å². The quantitative estimate of drug-likeness (QED) is 0.449. The number of piperidine rings is 1. The van der Waals surface area contributed by atoms with Gasteiger partial charge in [0.2, 0.25) is 0 Å². The van der Waals surface area contributed by atoms with Gasteiger partial charge in [-0.15, -0.1) is 0 Å². The molecule has 0 saturated carbocycles. The maximum absolute atomic E-state index is 13.5. The summed E-state index contributed by atoms with van der Waals surface area (Å²) in [5.74, 6) is -0.651. The van der Waals surface area contributed by atoms with Gasteiger partial charge in [-0.25, -0.2) is 9.18 Å². The molecule has 4 rings (SSSR count). The lowest BCUT2D eigenvalue weighted by atomic mass is 10.1. The smallest absolute Gasteiger partial charge is 0.323 e. The highest BCUT2D eigenvalue weighted by atomic mass is 19.1. The van der Waals surface area contributed by atoms with Gasteiger partial charge < -0.3 is 20.9 Å². The third-order valence-corrected chi connectivity index (χ3v) is 5.56. The lowest BCUT2D eigenvalue weighted by molar-refractivity contribution is 0.102. The van der Waals surface area contributed by atoms with Crippen molar-refractivity contribution < 1.29 is 14.0 Å². The number of carbonyl (C=O) groups excluding carboxylic acids is 2. The molecule has 1 saturated heterocycles. The molecule has 3 amide bonds. The average Bonchev–Trinajstić information content (AvgIpc) is 2.80. The van der Waals surface area contributed by atoms with Crippen LogP contribution in [0.25, 0.3) is 0 Å². The molecular formula is C26H27FN4O2. The van der Waals surface area contributed by atoms with E-state index in [2.05, 4.69) is 20.9 Å². The largest absolute Gasteiger partial charge is 0.370 e. The minimum Gasteiger partial charge on any atom is -0.370 e. The van der Waals surface area contributed by atoms with Gasteiger partial charge in [-0.05, 0) is 74.7 Å². The minimum absolute atomic E-state index is 0.223. The van der Waals surface area contributed by atoms with Crippen molar-refractivity contribution in [3.05, 3.63) is 83.7 Å². The minimum atomic E-state index is -0.485. The summed E-state index contributed by atoms with van der Waals surface area (Å²) in [6.07, 6.45) is 3.35. The Morgan fingerprint density at radius 2 is 1.58 bits per heavy atom. The van der Waals surface area contributed by atoms with Gasteiger partial charge in [-0.2, -0.15) is 0 Å². The van der Waals surface area contributed by atoms with Crippen molar-refractivity contribution >= 4 is 34.7 Å². The Morgan fingerprint density at radius 3 is 2.33 bits per heavy atom. The molecule has 6 nitrogen and oxygen atoms in total. The van der Waals surface area contributed by atoms with Crippen LogP contribution in [0.3, 0.4) is 0 Å². The summed E-state index contributed by atoms with van der Waals surface area (Å²) < 4.78 is 13.5. The number of amides is 3. The summed E-state index contributed by atoms with van der Waals surface area (Å²) in [7, 11) is 0. The zero-order valence-corrected chi connectivity index (χ0v) is 18.5. The summed E-state index contributed by atoms with van der Waals surface area (Å²) in [4.78, 5) is 27.6. The Hall–Kier alpha value is -3.87. The van der Waals surface area contributed by atoms with Crippen molar-refractivity contribution in [2.24, 2.45) is 0 Å². The van der Waals surface area contributed by atoms with Crippen LogP contribution in [0.5, 0.6) is 0 Å². The maximum atomic E-state index is 13.5. The molecule has 3 aromatic rings. The fourth-order valence-corrected chi connectivity index (χ4v) is 3.96. The summed E-state index contributed by atoms with van der Waals surface area (Å²) in [6, 6.07) is 18.1. The zero-order chi connectivity index (χ0) is 23.2. The molecule has 3 aromatic carbocycles. The highest BCUT2D eigenvalue weighted by Crippen LogP contribution is 2.32. The number of nitrogens with zero attached hydrogens (tertiary/aromatic N) is 1. The number of rotatable bonds is 5. The third kappa shape index (κ3) is 5.88. The van der Waals surface area contributed by atoms with Crippen LogP contribution in [0.15, 0.2) is 66.7 Å². The predicted molar refractivity (Wildman–Crippen MR) is 131 cm³/mol. The number of halogens is 1. The Bertz CT molecular complexity index is 1160. The monoisotopic (exact) mass is 446 g/mol. The molecule has 0 spiro atoms. The number of aryl methyl sites for hydroxylation is 1. The summed E-state index contributed by atoms with van der Waals surface area (Å²) in [6.45, 7) is 3.73.